The van der Waals surface area contributed by atoms with Crippen molar-refractivity contribution in [3.8, 4) is 0 Å². The maximum Gasteiger partial charge on any atom is 0.127 e. The molecule has 0 aliphatic carbocycles. The van der Waals surface area contributed by atoms with Crippen LogP contribution in [0.5, 0.6) is 0 Å². The molecule has 0 aliphatic rings. The van der Waals surface area contributed by atoms with E-state index in [1.807, 2.05) is 30.3 Å². The summed E-state index contributed by atoms with van der Waals surface area (Å²) in [5.41, 5.74) is 1.87. The molecule has 2 rings (SSSR count). The summed E-state index contributed by atoms with van der Waals surface area (Å²) >= 11 is 1.74. The topological polar surface area (TPSA) is 12.9 Å². The summed E-state index contributed by atoms with van der Waals surface area (Å²) < 4.78 is 13.3. The van der Waals surface area contributed by atoms with E-state index in [4.69, 9.17) is 0 Å². The van der Waals surface area contributed by atoms with Gasteiger partial charge in [0.1, 0.15) is 5.82 Å². The van der Waals surface area contributed by atoms with E-state index in [0.29, 0.717) is 0 Å². The van der Waals surface area contributed by atoms with Gasteiger partial charge in [0.15, 0.2) is 0 Å². The van der Waals surface area contributed by atoms with Crippen LogP contribution >= 0.6 is 11.8 Å². The molecule has 1 aromatic heterocycles. The van der Waals surface area contributed by atoms with Gasteiger partial charge in [-0.3, -0.25) is 4.98 Å². The molecule has 0 N–H and O–H groups in total. The Hall–Kier alpha value is -1.35. The van der Waals surface area contributed by atoms with E-state index in [1.54, 1.807) is 24.0 Å². The van der Waals surface area contributed by atoms with Gasteiger partial charge in [0.2, 0.25) is 0 Å². The van der Waals surface area contributed by atoms with Crippen molar-refractivity contribution >= 4 is 11.8 Å². The highest BCUT2D eigenvalue weighted by molar-refractivity contribution is 7.98. The lowest BCUT2D eigenvalue weighted by molar-refractivity contribution is 0.617. The van der Waals surface area contributed by atoms with Crippen molar-refractivity contribution < 1.29 is 4.39 Å². The molecule has 0 spiro atoms. The van der Waals surface area contributed by atoms with E-state index in [9.17, 15) is 4.39 Å². The molecule has 0 saturated heterocycles. The van der Waals surface area contributed by atoms with Crippen molar-refractivity contribution in [2.75, 3.05) is 5.75 Å². The summed E-state index contributed by atoms with van der Waals surface area (Å²) in [6.45, 7) is 0. The number of thioether (sulfide) groups is 1. The molecule has 0 unspecified atom stereocenters. The van der Waals surface area contributed by atoms with Crippen molar-refractivity contribution in [1.82, 2.24) is 4.98 Å². The SMILES string of the molecule is Fc1ccccc1CSCCc1ccccn1. The lowest BCUT2D eigenvalue weighted by Crippen LogP contribution is -1.93. The third kappa shape index (κ3) is 3.86. The standard InChI is InChI=1S/C14H14FNS/c15-14-7-2-1-5-12(14)11-17-10-8-13-6-3-4-9-16-13/h1-7,9H,8,10-11H2. The Morgan fingerprint density at radius 3 is 2.65 bits per heavy atom. The zero-order valence-corrected chi connectivity index (χ0v) is 10.3. The molecule has 0 aliphatic heterocycles. The molecule has 0 amide bonds. The van der Waals surface area contributed by atoms with Gasteiger partial charge in [0.05, 0.1) is 0 Å². The quantitative estimate of drug-likeness (QED) is 0.747. The Morgan fingerprint density at radius 2 is 1.88 bits per heavy atom. The van der Waals surface area contributed by atoms with Crippen molar-refractivity contribution in [1.29, 1.82) is 0 Å². The fourth-order valence-electron chi connectivity index (χ4n) is 1.52. The van der Waals surface area contributed by atoms with Crippen LogP contribution in [-0.2, 0) is 12.2 Å². The van der Waals surface area contributed by atoms with Crippen LogP contribution < -0.4 is 0 Å². The van der Waals surface area contributed by atoms with Gasteiger partial charge < -0.3 is 0 Å². The first-order chi connectivity index (χ1) is 8.36. The molecule has 2 aromatic rings. The maximum absolute atomic E-state index is 13.3. The molecule has 17 heavy (non-hydrogen) atoms. The molecule has 0 saturated carbocycles. The van der Waals surface area contributed by atoms with Crippen LogP contribution in [0.15, 0.2) is 48.7 Å². The normalized spacial score (nSPS) is 10.4. The van der Waals surface area contributed by atoms with Gasteiger partial charge in [-0.1, -0.05) is 24.3 Å². The minimum absolute atomic E-state index is 0.113. The van der Waals surface area contributed by atoms with E-state index < -0.39 is 0 Å². The number of aromatic nitrogens is 1. The second kappa shape index (κ2) is 6.40. The number of halogens is 1. The summed E-state index contributed by atoms with van der Waals surface area (Å²) in [5.74, 6) is 1.57. The highest BCUT2D eigenvalue weighted by Gasteiger charge is 2.00. The largest absolute Gasteiger partial charge is 0.261 e. The van der Waals surface area contributed by atoms with Gasteiger partial charge in [0.25, 0.3) is 0 Å². The molecule has 88 valence electrons. The van der Waals surface area contributed by atoms with Crippen LogP contribution in [0.25, 0.3) is 0 Å². The van der Waals surface area contributed by atoms with Crippen molar-refractivity contribution in [2.24, 2.45) is 0 Å². The van der Waals surface area contributed by atoms with E-state index in [1.165, 1.54) is 6.07 Å². The first kappa shape index (κ1) is 12.1. The molecule has 0 radical (unpaired) electrons. The number of hydrogen-bond acceptors (Lipinski definition) is 2. The van der Waals surface area contributed by atoms with Crippen molar-refractivity contribution in [2.45, 2.75) is 12.2 Å². The Labute approximate surface area is 105 Å². The molecule has 0 fully saturated rings. The van der Waals surface area contributed by atoms with Gasteiger partial charge in [0, 0.05) is 17.6 Å². The monoisotopic (exact) mass is 247 g/mol. The van der Waals surface area contributed by atoms with Gasteiger partial charge in [-0.05, 0) is 35.9 Å². The fraction of sp³-hybridized carbons (Fsp3) is 0.214. The van der Waals surface area contributed by atoms with Gasteiger partial charge in [-0.25, -0.2) is 4.39 Å². The molecule has 0 bridgehead atoms. The fourth-order valence-corrected chi connectivity index (χ4v) is 2.47. The average Bonchev–Trinajstić information content (AvgIpc) is 2.38. The highest BCUT2D eigenvalue weighted by Crippen LogP contribution is 2.16. The van der Waals surface area contributed by atoms with E-state index in [-0.39, 0.29) is 5.82 Å². The number of pyridine rings is 1. The number of aryl methyl sites for hydroxylation is 1. The number of rotatable bonds is 5. The number of nitrogens with zero attached hydrogens (tertiary/aromatic N) is 1. The van der Waals surface area contributed by atoms with Crippen molar-refractivity contribution in [3.63, 3.8) is 0 Å². The van der Waals surface area contributed by atoms with Crippen LogP contribution in [0.2, 0.25) is 0 Å². The molecular formula is C14H14FNS. The smallest absolute Gasteiger partial charge is 0.127 e. The second-order valence-corrected chi connectivity index (χ2v) is 4.82. The summed E-state index contributed by atoms with van der Waals surface area (Å²) in [7, 11) is 0. The average molecular weight is 247 g/mol. The first-order valence-corrected chi connectivity index (χ1v) is 6.73. The summed E-state index contributed by atoms with van der Waals surface area (Å²) in [4.78, 5) is 4.25. The van der Waals surface area contributed by atoms with E-state index >= 15 is 0 Å². The predicted molar refractivity (Wildman–Crippen MR) is 70.5 cm³/mol. The zero-order valence-electron chi connectivity index (χ0n) is 9.47. The van der Waals surface area contributed by atoms with Crippen LogP contribution in [0.3, 0.4) is 0 Å². The minimum Gasteiger partial charge on any atom is -0.261 e. The summed E-state index contributed by atoms with van der Waals surface area (Å²) in [5, 5.41) is 0. The predicted octanol–water partition coefficient (Wildman–Crippen LogP) is 3.70. The van der Waals surface area contributed by atoms with E-state index in [2.05, 4.69) is 4.98 Å². The Kier molecular flexibility index (Phi) is 4.56. The highest BCUT2D eigenvalue weighted by atomic mass is 32.2. The lowest BCUT2D eigenvalue weighted by Gasteiger charge is -2.03. The third-order valence-electron chi connectivity index (χ3n) is 2.44. The minimum atomic E-state index is -0.113. The van der Waals surface area contributed by atoms with Crippen LogP contribution in [0.4, 0.5) is 4.39 Å². The Balaban J connectivity index is 1.76. The molecule has 0 atom stereocenters. The van der Waals surface area contributed by atoms with Gasteiger partial charge >= 0.3 is 0 Å². The Bertz CT molecular complexity index is 459. The van der Waals surface area contributed by atoms with Crippen LogP contribution in [-0.4, -0.2) is 10.7 Å². The zero-order chi connectivity index (χ0) is 11.9. The molecular weight excluding hydrogens is 233 g/mol. The summed E-state index contributed by atoms with van der Waals surface area (Å²) in [6.07, 6.45) is 2.73. The first-order valence-electron chi connectivity index (χ1n) is 5.57. The molecule has 1 heterocycles. The molecule has 1 nitrogen and oxygen atoms in total. The molecule has 3 heteroatoms. The number of hydrogen-bond donors (Lipinski definition) is 0. The van der Waals surface area contributed by atoms with Crippen molar-refractivity contribution in [3.05, 3.63) is 65.7 Å². The number of benzene rings is 1. The summed E-state index contributed by atoms with van der Waals surface area (Å²) in [6, 6.07) is 12.9. The molecule has 1 aromatic carbocycles. The Morgan fingerprint density at radius 1 is 1.06 bits per heavy atom. The van der Waals surface area contributed by atoms with E-state index in [0.717, 1.165) is 29.2 Å². The van der Waals surface area contributed by atoms with Gasteiger partial charge in [-0.15, -0.1) is 0 Å². The maximum atomic E-state index is 13.3. The van der Waals surface area contributed by atoms with Gasteiger partial charge in [-0.2, -0.15) is 11.8 Å². The second-order valence-electron chi connectivity index (χ2n) is 3.72. The third-order valence-corrected chi connectivity index (χ3v) is 3.45. The van der Waals surface area contributed by atoms with Crippen LogP contribution in [0.1, 0.15) is 11.3 Å². The van der Waals surface area contributed by atoms with Crippen LogP contribution in [0, 0.1) is 5.82 Å². The lowest BCUT2D eigenvalue weighted by atomic mass is 10.2.